The zero-order valence-electron chi connectivity index (χ0n) is 10.5. The van der Waals surface area contributed by atoms with E-state index in [2.05, 4.69) is 21.2 Å². The number of hydrogen-bond acceptors (Lipinski definition) is 2. The average molecular weight is 299 g/mol. The second-order valence-electron chi connectivity index (χ2n) is 5.17. The third kappa shape index (κ3) is 4.13. The molecule has 1 atom stereocenters. The third-order valence-electron chi connectivity index (χ3n) is 2.61. The van der Waals surface area contributed by atoms with E-state index in [9.17, 15) is 4.79 Å². The predicted molar refractivity (Wildman–Crippen MR) is 73.4 cm³/mol. The smallest absolute Gasteiger partial charge is 0.235 e. The zero-order valence-corrected chi connectivity index (χ0v) is 12.0. The van der Waals surface area contributed by atoms with Crippen molar-refractivity contribution in [3.05, 3.63) is 34.3 Å². The predicted octanol–water partition coefficient (Wildman–Crippen LogP) is 2.44. The topological polar surface area (TPSA) is 55.1 Å². The van der Waals surface area contributed by atoms with Crippen molar-refractivity contribution in [1.29, 1.82) is 0 Å². The van der Waals surface area contributed by atoms with Gasteiger partial charge in [0.1, 0.15) is 0 Å². The highest BCUT2D eigenvalue weighted by molar-refractivity contribution is 9.10. The number of carbonyl (C=O) groups is 1. The molecule has 0 heterocycles. The van der Waals surface area contributed by atoms with E-state index in [1.165, 1.54) is 0 Å². The molecule has 0 bridgehead atoms. The summed E-state index contributed by atoms with van der Waals surface area (Å²) in [6, 6.07) is 7.58. The van der Waals surface area contributed by atoms with Crippen LogP contribution in [-0.2, 0) is 11.3 Å². The fraction of sp³-hybridized carbons (Fsp3) is 0.462. The van der Waals surface area contributed by atoms with E-state index >= 15 is 0 Å². The van der Waals surface area contributed by atoms with Crippen LogP contribution in [0.25, 0.3) is 0 Å². The molecule has 1 aromatic carbocycles. The zero-order chi connectivity index (χ0) is 13.1. The Hall–Kier alpha value is -0.870. The van der Waals surface area contributed by atoms with Crippen molar-refractivity contribution in [2.24, 2.45) is 11.1 Å². The summed E-state index contributed by atoms with van der Waals surface area (Å²) in [5.41, 5.74) is 6.34. The molecule has 0 spiro atoms. The first-order valence-corrected chi connectivity index (χ1v) is 6.38. The van der Waals surface area contributed by atoms with Crippen LogP contribution in [0.15, 0.2) is 28.7 Å². The Morgan fingerprint density at radius 2 is 2.00 bits per heavy atom. The van der Waals surface area contributed by atoms with Crippen molar-refractivity contribution in [3.8, 4) is 0 Å². The number of nitrogens with two attached hydrogens (primary N) is 1. The Bertz CT molecular complexity index is 399. The van der Waals surface area contributed by atoms with E-state index in [-0.39, 0.29) is 17.4 Å². The third-order valence-corrected chi connectivity index (χ3v) is 3.38. The Labute approximate surface area is 111 Å². The number of carbonyl (C=O) groups excluding carboxylic acids is 1. The fourth-order valence-electron chi connectivity index (χ4n) is 1.69. The molecule has 0 aliphatic rings. The van der Waals surface area contributed by atoms with Crippen LogP contribution in [0.1, 0.15) is 26.3 Å². The maximum atomic E-state index is 11.4. The first-order valence-electron chi connectivity index (χ1n) is 5.58. The van der Waals surface area contributed by atoms with Gasteiger partial charge in [0.15, 0.2) is 0 Å². The number of halogens is 1. The van der Waals surface area contributed by atoms with E-state index in [1.807, 2.05) is 45.0 Å². The van der Waals surface area contributed by atoms with Gasteiger partial charge in [-0.2, -0.15) is 0 Å². The number of hydrogen-bond donors (Lipinski definition) is 2. The molecule has 0 saturated carbocycles. The molecule has 0 aliphatic heterocycles. The van der Waals surface area contributed by atoms with Crippen molar-refractivity contribution in [1.82, 2.24) is 5.32 Å². The Morgan fingerprint density at radius 1 is 1.41 bits per heavy atom. The van der Waals surface area contributed by atoms with Gasteiger partial charge in [0.25, 0.3) is 0 Å². The van der Waals surface area contributed by atoms with Crippen LogP contribution in [0.2, 0.25) is 0 Å². The molecule has 94 valence electrons. The van der Waals surface area contributed by atoms with Gasteiger partial charge in [-0.15, -0.1) is 0 Å². The number of nitrogens with one attached hydrogen (secondary N) is 1. The van der Waals surface area contributed by atoms with Gasteiger partial charge >= 0.3 is 0 Å². The summed E-state index contributed by atoms with van der Waals surface area (Å²) in [6.45, 7) is 6.60. The average Bonchev–Trinajstić information content (AvgIpc) is 2.18. The van der Waals surface area contributed by atoms with Crippen LogP contribution in [0.3, 0.4) is 0 Å². The molecule has 0 aromatic heterocycles. The molecule has 0 aliphatic carbocycles. The van der Waals surface area contributed by atoms with Crippen LogP contribution in [-0.4, -0.2) is 11.9 Å². The van der Waals surface area contributed by atoms with Crippen LogP contribution in [0.5, 0.6) is 0 Å². The highest BCUT2D eigenvalue weighted by Gasteiger charge is 2.28. The molecule has 1 rings (SSSR count). The second-order valence-corrected chi connectivity index (χ2v) is 6.03. The van der Waals surface area contributed by atoms with E-state index in [0.717, 1.165) is 10.0 Å². The van der Waals surface area contributed by atoms with Gasteiger partial charge in [0.05, 0.1) is 6.04 Å². The number of benzene rings is 1. The summed E-state index contributed by atoms with van der Waals surface area (Å²) < 4.78 is 1.03. The fourth-order valence-corrected chi connectivity index (χ4v) is 2.11. The maximum absolute atomic E-state index is 11.4. The standard InChI is InChI=1S/C13H19BrN2O/c1-13(2,3)11(12(15)17)16-8-9-6-4-5-7-10(9)14/h4-7,11,16H,8H2,1-3H3,(H2,15,17). The van der Waals surface area contributed by atoms with Crippen LogP contribution in [0, 0.1) is 5.41 Å². The van der Waals surface area contributed by atoms with E-state index < -0.39 is 0 Å². The number of rotatable bonds is 4. The quantitative estimate of drug-likeness (QED) is 0.897. The maximum Gasteiger partial charge on any atom is 0.235 e. The molecule has 17 heavy (non-hydrogen) atoms. The lowest BCUT2D eigenvalue weighted by Crippen LogP contribution is -2.49. The monoisotopic (exact) mass is 298 g/mol. The largest absolute Gasteiger partial charge is 0.368 e. The van der Waals surface area contributed by atoms with Gasteiger partial charge in [-0.3, -0.25) is 4.79 Å². The summed E-state index contributed by atoms with van der Waals surface area (Å²) in [4.78, 5) is 11.4. The highest BCUT2D eigenvalue weighted by Crippen LogP contribution is 2.21. The normalized spacial score (nSPS) is 13.4. The molecular formula is C13H19BrN2O. The highest BCUT2D eigenvalue weighted by atomic mass is 79.9. The van der Waals surface area contributed by atoms with E-state index in [4.69, 9.17) is 5.73 Å². The molecule has 1 amide bonds. The Morgan fingerprint density at radius 3 is 2.47 bits per heavy atom. The summed E-state index contributed by atoms with van der Waals surface area (Å²) in [7, 11) is 0. The SMILES string of the molecule is CC(C)(C)C(NCc1ccccc1Br)C(N)=O. The minimum Gasteiger partial charge on any atom is -0.368 e. The van der Waals surface area contributed by atoms with Gasteiger partial charge in [0, 0.05) is 11.0 Å². The van der Waals surface area contributed by atoms with Gasteiger partial charge in [-0.1, -0.05) is 54.9 Å². The van der Waals surface area contributed by atoms with Crippen LogP contribution < -0.4 is 11.1 Å². The lowest BCUT2D eigenvalue weighted by molar-refractivity contribution is -0.122. The summed E-state index contributed by atoms with van der Waals surface area (Å²) in [5, 5.41) is 3.21. The molecule has 1 aromatic rings. The van der Waals surface area contributed by atoms with E-state index in [0.29, 0.717) is 6.54 Å². The minimum absolute atomic E-state index is 0.187. The Kier molecular flexibility index (Phi) is 4.71. The van der Waals surface area contributed by atoms with Crippen molar-refractivity contribution < 1.29 is 4.79 Å². The molecule has 4 heteroatoms. The minimum atomic E-state index is -0.338. The molecule has 0 radical (unpaired) electrons. The first-order chi connectivity index (χ1) is 7.82. The summed E-state index contributed by atoms with van der Waals surface area (Å²) >= 11 is 3.48. The molecule has 0 saturated heterocycles. The molecule has 0 fully saturated rings. The van der Waals surface area contributed by atoms with Crippen LogP contribution in [0.4, 0.5) is 0 Å². The van der Waals surface area contributed by atoms with Gasteiger partial charge in [-0.05, 0) is 17.0 Å². The van der Waals surface area contributed by atoms with Gasteiger partial charge in [0.2, 0.25) is 5.91 Å². The number of amides is 1. The van der Waals surface area contributed by atoms with Crippen molar-refractivity contribution in [3.63, 3.8) is 0 Å². The lowest BCUT2D eigenvalue weighted by Gasteiger charge is -2.29. The van der Waals surface area contributed by atoms with Crippen molar-refractivity contribution in [2.45, 2.75) is 33.4 Å². The lowest BCUT2D eigenvalue weighted by atomic mass is 9.86. The molecular weight excluding hydrogens is 280 g/mol. The van der Waals surface area contributed by atoms with Crippen molar-refractivity contribution in [2.75, 3.05) is 0 Å². The molecule has 3 nitrogen and oxygen atoms in total. The number of primary amides is 1. The van der Waals surface area contributed by atoms with E-state index in [1.54, 1.807) is 0 Å². The van der Waals surface area contributed by atoms with Crippen molar-refractivity contribution >= 4 is 21.8 Å². The summed E-state index contributed by atoms with van der Waals surface area (Å²) in [5.74, 6) is -0.315. The second kappa shape index (κ2) is 5.65. The first kappa shape index (κ1) is 14.2. The Balaban J connectivity index is 2.72. The summed E-state index contributed by atoms with van der Waals surface area (Å²) in [6.07, 6.45) is 0. The van der Waals surface area contributed by atoms with Gasteiger partial charge < -0.3 is 11.1 Å². The van der Waals surface area contributed by atoms with Gasteiger partial charge in [-0.25, -0.2) is 0 Å². The molecule has 1 unspecified atom stereocenters. The van der Waals surface area contributed by atoms with Crippen LogP contribution >= 0.6 is 15.9 Å². The molecule has 3 N–H and O–H groups in total.